The Morgan fingerprint density at radius 1 is 1.06 bits per heavy atom. The monoisotopic (exact) mass is 512 g/mol. The molecule has 1 aromatic carbocycles. The lowest BCUT2D eigenvalue weighted by molar-refractivity contribution is -0.274. The summed E-state index contributed by atoms with van der Waals surface area (Å²) < 4.78 is 75.7. The van der Waals surface area contributed by atoms with Crippen LogP contribution in [0.4, 0.5) is 27.8 Å². The summed E-state index contributed by atoms with van der Waals surface area (Å²) in [5, 5.41) is 11.1. The summed E-state index contributed by atoms with van der Waals surface area (Å²) in [4.78, 5) is 2.53. The van der Waals surface area contributed by atoms with Crippen LogP contribution in [0.3, 0.4) is 0 Å². The normalized spacial score (nSPS) is 23.8. The van der Waals surface area contributed by atoms with Crippen LogP contribution >= 0.6 is 0 Å². The number of fused-ring (bicyclic) bond motifs is 1. The van der Waals surface area contributed by atoms with Crippen molar-refractivity contribution in [1.82, 2.24) is 15.1 Å². The third-order valence-electron chi connectivity index (χ3n) is 7.47. The van der Waals surface area contributed by atoms with Crippen LogP contribution < -0.4 is 10.1 Å². The minimum absolute atomic E-state index is 0.00345. The summed E-state index contributed by atoms with van der Waals surface area (Å²) in [7, 11) is 0. The summed E-state index contributed by atoms with van der Waals surface area (Å²) in [6.45, 7) is 4.80. The number of likely N-dealkylation sites (tertiary alicyclic amines) is 1. The first kappa shape index (κ1) is 25.1. The van der Waals surface area contributed by atoms with Crippen molar-refractivity contribution < 1.29 is 31.4 Å². The first-order valence-electron chi connectivity index (χ1n) is 12.3. The average molecular weight is 513 g/mol. The van der Waals surface area contributed by atoms with Crippen LogP contribution in [0, 0.1) is 17.8 Å². The van der Waals surface area contributed by atoms with Crippen molar-refractivity contribution in [2.75, 3.05) is 38.2 Å². The van der Waals surface area contributed by atoms with E-state index in [1.165, 1.54) is 18.2 Å². The molecule has 1 aromatic heterocycles. The van der Waals surface area contributed by atoms with Crippen LogP contribution in [0.2, 0.25) is 0 Å². The Morgan fingerprint density at radius 2 is 1.75 bits per heavy atom. The summed E-state index contributed by atoms with van der Waals surface area (Å²) in [5.41, 5.74) is -0.557. The van der Waals surface area contributed by atoms with E-state index in [9.17, 15) is 22.0 Å². The van der Waals surface area contributed by atoms with Gasteiger partial charge in [-0.15, -0.1) is 23.4 Å². The zero-order valence-electron chi connectivity index (χ0n) is 19.7. The Balaban J connectivity index is 1.25. The molecule has 0 spiro atoms. The minimum Gasteiger partial charge on any atom is -0.405 e. The van der Waals surface area contributed by atoms with E-state index < -0.39 is 18.5 Å². The van der Waals surface area contributed by atoms with Crippen molar-refractivity contribution >= 4 is 5.82 Å². The number of anilines is 1. The maximum Gasteiger partial charge on any atom is 0.573 e. The van der Waals surface area contributed by atoms with Crippen LogP contribution in [0.5, 0.6) is 5.75 Å². The molecule has 0 amide bonds. The number of rotatable bonds is 7. The van der Waals surface area contributed by atoms with Gasteiger partial charge in [0.2, 0.25) is 0 Å². The highest BCUT2D eigenvalue weighted by Gasteiger charge is 2.41. The molecule has 3 heterocycles. The van der Waals surface area contributed by atoms with Gasteiger partial charge in [0.1, 0.15) is 5.75 Å². The lowest BCUT2D eigenvalue weighted by Crippen LogP contribution is -2.32. The smallest absolute Gasteiger partial charge is 0.405 e. The van der Waals surface area contributed by atoms with Gasteiger partial charge >= 0.3 is 6.36 Å². The van der Waals surface area contributed by atoms with Crippen molar-refractivity contribution in [1.29, 1.82) is 0 Å². The fraction of sp³-hybridized carbons (Fsp3) is 0.600. The minimum atomic E-state index is -4.92. The van der Waals surface area contributed by atoms with E-state index in [-0.39, 0.29) is 28.7 Å². The Labute approximate surface area is 206 Å². The zero-order chi connectivity index (χ0) is 25.3. The van der Waals surface area contributed by atoms with E-state index in [4.69, 9.17) is 4.74 Å². The van der Waals surface area contributed by atoms with Gasteiger partial charge in [0.05, 0.1) is 11.3 Å². The first-order valence-corrected chi connectivity index (χ1v) is 12.3. The number of aromatic nitrogens is 2. The SMILES string of the molecule is FC(F)c1cc(-c2ccccc2OC(F)(F)F)nnc1NC1C[C@@H]2CN(CC3CCOCC3)C[C@H]2C1. The Hall–Kier alpha value is -2.53. The van der Waals surface area contributed by atoms with Crippen LogP contribution in [0.1, 0.15) is 37.7 Å². The van der Waals surface area contributed by atoms with Gasteiger partial charge in [0, 0.05) is 44.5 Å². The summed E-state index contributed by atoms with van der Waals surface area (Å²) in [5.74, 6) is 1.16. The molecule has 1 aliphatic carbocycles. The molecule has 3 aliphatic rings. The van der Waals surface area contributed by atoms with Gasteiger partial charge in [0.25, 0.3) is 6.43 Å². The quantitative estimate of drug-likeness (QED) is 0.493. The van der Waals surface area contributed by atoms with E-state index in [0.717, 1.165) is 70.7 Å². The molecular weight excluding hydrogens is 483 g/mol. The van der Waals surface area contributed by atoms with Gasteiger partial charge in [-0.3, -0.25) is 0 Å². The number of benzene rings is 1. The molecule has 0 bridgehead atoms. The molecule has 2 aromatic rings. The second-order valence-electron chi connectivity index (χ2n) is 9.99. The molecule has 0 radical (unpaired) electrons. The fourth-order valence-electron chi connectivity index (χ4n) is 5.86. The molecular formula is C25H29F5N4O2. The maximum absolute atomic E-state index is 13.9. The molecule has 2 atom stereocenters. The standard InChI is InChI=1S/C25H29F5N4O2/c26-23(27)20-11-21(19-3-1-2-4-22(19)36-25(28,29)30)32-33-24(20)31-18-9-16-13-34(14-17(16)10-18)12-15-5-7-35-8-6-15/h1-4,11,15-18,23H,5-10,12-14H2,(H,31,33)/t16-,17-/m1/s1. The van der Waals surface area contributed by atoms with Crippen LogP contribution in [-0.2, 0) is 4.74 Å². The van der Waals surface area contributed by atoms with Gasteiger partial charge < -0.3 is 19.7 Å². The Bertz CT molecular complexity index is 1030. The van der Waals surface area contributed by atoms with E-state index >= 15 is 0 Å². The predicted octanol–water partition coefficient (Wildman–Crippen LogP) is 5.53. The van der Waals surface area contributed by atoms with Crippen molar-refractivity contribution in [3.05, 3.63) is 35.9 Å². The summed E-state index contributed by atoms with van der Waals surface area (Å²) in [6.07, 6.45) is -3.85. The van der Waals surface area contributed by atoms with Crippen LogP contribution in [0.15, 0.2) is 30.3 Å². The molecule has 1 N–H and O–H groups in total. The summed E-state index contributed by atoms with van der Waals surface area (Å²) in [6, 6.07) is 6.38. The number of hydrogen-bond acceptors (Lipinski definition) is 6. The van der Waals surface area contributed by atoms with Crippen molar-refractivity contribution in [2.24, 2.45) is 17.8 Å². The van der Waals surface area contributed by atoms with Crippen molar-refractivity contribution in [2.45, 2.75) is 44.5 Å². The van der Waals surface area contributed by atoms with E-state index in [2.05, 4.69) is 25.2 Å². The highest BCUT2D eigenvalue weighted by atomic mass is 19.4. The molecule has 196 valence electrons. The first-order chi connectivity index (χ1) is 17.2. The topological polar surface area (TPSA) is 59.5 Å². The highest BCUT2D eigenvalue weighted by Crippen LogP contribution is 2.41. The van der Waals surface area contributed by atoms with Gasteiger partial charge in [-0.1, -0.05) is 12.1 Å². The van der Waals surface area contributed by atoms with E-state index in [1.807, 2.05) is 0 Å². The molecule has 1 saturated carbocycles. The Kier molecular flexibility index (Phi) is 7.30. The fourth-order valence-corrected chi connectivity index (χ4v) is 5.86. The number of alkyl halides is 5. The Morgan fingerprint density at radius 3 is 2.42 bits per heavy atom. The van der Waals surface area contributed by atoms with Crippen molar-refractivity contribution in [3.8, 4) is 17.0 Å². The number of nitrogens with one attached hydrogen (secondary N) is 1. The molecule has 6 nitrogen and oxygen atoms in total. The lowest BCUT2D eigenvalue weighted by atomic mass is 10.00. The largest absolute Gasteiger partial charge is 0.573 e. The highest BCUT2D eigenvalue weighted by molar-refractivity contribution is 5.68. The van der Waals surface area contributed by atoms with Gasteiger partial charge in [-0.05, 0) is 61.6 Å². The number of halogens is 5. The average Bonchev–Trinajstić information content (AvgIpc) is 3.37. The zero-order valence-corrected chi connectivity index (χ0v) is 19.7. The number of para-hydroxylation sites is 1. The molecule has 0 unspecified atom stereocenters. The molecule has 11 heteroatoms. The second kappa shape index (κ2) is 10.5. The van der Waals surface area contributed by atoms with Crippen molar-refractivity contribution in [3.63, 3.8) is 0 Å². The van der Waals surface area contributed by atoms with Gasteiger partial charge in [-0.2, -0.15) is 0 Å². The van der Waals surface area contributed by atoms with Gasteiger partial charge in [-0.25, -0.2) is 8.78 Å². The molecule has 5 rings (SSSR count). The van der Waals surface area contributed by atoms with E-state index in [0.29, 0.717) is 17.8 Å². The van der Waals surface area contributed by atoms with Crippen LogP contribution in [0.25, 0.3) is 11.3 Å². The molecule has 3 fully saturated rings. The summed E-state index contributed by atoms with van der Waals surface area (Å²) >= 11 is 0. The second-order valence-corrected chi connectivity index (χ2v) is 9.99. The predicted molar refractivity (Wildman–Crippen MR) is 123 cm³/mol. The van der Waals surface area contributed by atoms with Crippen LogP contribution in [-0.4, -0.2) is 60.3 Å². The number of ether oxygens (including phenoxy) is 2. The molecule has 36 heavy (non-hydrogen) atoms. The number of nitrogens with zero attached hydrogens (tertiary/aromatic N) is 3. The number of hydrogen-bond donors (Lipinski definition) is 1. The van der Waals surface area contributed by atoms with E-state index in [1.54, 1.807) is 0 Å². The molecule has 2 saturated heterocycles. The lowest BCUT2D eigenvalue weighted by Gasteiger charge is -2.28. The third-order valence-corrected chi connectivity index (χ3v) is 7.47. The molecule has 2 aliphatic heterocycles. The third kappa shape index (κ3) is 5.88. The maximum atomic E-state index is 13.9. The van der Waals surface area contributed by atoms with Gasteiger partial charge in [0.15, 0.2) is 5.82 Å².